The van der Waals surface area contributed by atoms with E-state index < -0.39 is 6.04 Å². The molecule has 0 saturated heterocycles. The molecule has 0 aromatic carbocycles. The van der Waals surface area contributed by atoms with Gasteiger partial charge in [-0.2, -0.15) is 0 Å². The van der Waals surface area contributed by atoms with Crippen molar-refractivity contribution >= 4 is 5.91 Å². The summed E-state index contributed by atoms with van der Waals surface area (Å²) in [7, 11) is 0. The molecule has 0 radical (unpaired) electrons. The van der Waals surface area contributed by atoms with Gasteiger partial charge in [-0.1, -0.05) is 12.1 Å². The van der Waals surface area contributed by atoms with Crippen LogP contribution in [0.4, 0.5) is 0 Å². The quantitative estimate of drug-likeness (QED) is 0.610. The molecular weight excluding hydrogens is 338 g/mol. The molecular formula is C21H23N5O. The molecule has 138 valence electrons. The van der Waals surface area contributed by atoms with Crippen molar-refractivity contribution in [3.63, 3.8) is 0 Å². The van der Waals surface area contributed by atoms with Gasteiger partial charge >= 0.3 is 0 Å². The fourth-order valence-corrected chi connectivity index (χ4v) is 2.77. The van der Waals surface area contributed by atoms with Crippen molar-refractivity contribution in [2.75, 3.05) is 13.1 Å². The molecule has 3 aromatic rings. The number of rotatable bonds is 9. The van der Waals surface area contributed by atoms with Crippen molar-refractivity contribution in [3.05, 3.63) is 90.3 Å². The number of pyridine rings is 3. The molecule has 3 aromatic heterocycles. The lowest BCUT2D eigenvalue weighted by Gasteiger charge is -2.18. The highest BCUT2D eigenvalue weighted by molar-refractivity contribution is 5.82. The maximum absolute atomic E-state index is 12.7. The highest BCUT2D eigenvalue weighted by atomic mass is 16.2. The number of nitrogens with zero attached hydrogens (tertiary/aromatic N) is 3. The van der Waals surface area contributed by atoms with Gasteiger partial charge in [0, 0.05) is 44.1 Å². The van der Waals surface area contributed by atoms with Gasteiger partial charge < -0.3 is 10.6 Å². The number of carbonyl (C=O) groups is 1. The molecule has 0 aliphatic rings. The van der Waals surface area contributed by atoms with Crippen molar-refractivity contribution in [2.45, 2.75) is 18.9 Å². The van der Waals surface area contributed by atoms with Crippen LogP contribution in [0, 0.1) is 0 Å². The Bertz CT molecular complexity index is 812. The third-order valence-electron chi connectivity index (χ3n) is 4.19. The monoisotopic (exact) mass is 361 g/mol. The maximum atomic E-state index is 12.7. The van der Waals surface area contributed by atoms with Gasteiger partial charge in [-0.3, -0.25) is 19.7 Å². The minimum Gasteiger partial charge on any atom is -0.354 e. The molecule has 0 saturated carbocycles. The van der Waals surface area contributed by atoms with Crippen LogP contribution < -0.4 is 10.6 Å². The Morgan fingerprint density at radius 1 is 0.852 bits per heavy atom. The van der Waals surface area contributed by atoms with Crippen molar-refractivity contribution in [1.82, 2.24) is 25.6 Å². The van der Waals surface area contributed by atoms with E-state index >= 15 is 0 Å². The first kappa shape index (κ1) is 18.7. The second-order valence-corrected chi connectivity index (χ2v) is 6.15. The third kappa shape index (κ3) is 5.97. The molecule has 0 bridgehead atoms. The minimum atomic E-state index is -0.484. The largest absolute Gasteiger partial charge is 0.354 e. The number of nitrogens with one attached hydrogen (secondary N) is 2. The summed E-state index contributed by atoms with van der Waals surface area (Å²) in [6, 6.07) is 13.0. The van der Waals surface area contributed by atoms with E-state index in [9.17, 15) is 4.79 Å². The van der Waals surface area contributed by atoms with Gasteiger partial charge in [0.1, 0.15) is 6.04 Å². The van der Waals surface area contributed by atoms with Crippen LogP contribution in [0.15, 0.2) is 73.4 Å². The molecule has 27 heavy (non-hydrogen) atoms. The molecule has 6 nitrogen and oxygen atoms in total. The Hall–Kier alpha value is -3.12. The Balaban J connectivity index is 1.56. The summed E-state index contributed by atoms with van der Waals surface area (Å²) in [6.07, 6.45) is 10.4. The van der Waals surface area contributed by atoms with E-state index in [1.807, 2.05) is 48.7 Å². The lowest BCUT2D eigenvalue weighted by molar-refractivity contribution is -0.123. The second kappa shape index (κ2) is 10.1. The van der Waals surface area contributed by atoms with Gasteiger partial charge in [-0.05, 0) is 54.3 Å². The summed E-state index contributed by atoms with van der Waals surface area (Å²) in [5.41, 5.74) is 2.98. The van der Waals surface area contributed by atoms with Crippen molar-refractivity contribution in [3.8, 4) is 0 Å². The summed E-state index contributed by atoms with van der Waals surface area (Å²) in [5, 5.41) is 6.32. The Morgan fingerprint density at radius 2 is 1.70 bits per heavy atom. The van der Waals surface area contributed by atoms with Crippen molar-refractivity contribution < 1.29 is 4.79 Å². The fraction of sp³-hybridized carbons (Fsp3) is 0.238. The maximum Gasteiger partial charge on any atom is 0.243 e. The lowest BCUT2D eigenvalue weighted by atomic mass is 10.1. The molecule has 2 N–H and O–H groups in total. The third-order valence-corrected chi connectivity index (χ3v) is 4.19. The SMILES string of the molecule is O=C(NCCc1cccnc1)C(NCCc1ccncc1)c1ccccn1. The zero-order valence-electron chi connectivity index (χ0n) is 15.1. The highest BCUT2D eigenvalue weighted by Crippen LogP contribution is 2.10. The van der Waals surface area contributed by atoms with Gasteiger partial charge in [0.05, 0.1) is 5.69 Å². The van der Waals surface area contributed by atoms with Crippen LogP contribution in [0.3, 0.4) is 0 Å². The van der Waals surface area contributed by atoms with Crippen LogP contribution in [0.5, 0.6) is 0 Å². The molecule has 1 unspecified atom stereocenters. The number of hydrogen-bond donors (Lipinski definition) is 2. The number of hydrogen-bond acceptors (Lipinski definition) is 5. The van der Waals surface area contributed by atoms with Gasteiger partial charge in [0.2, 0.25) is 5.91 Å². The summed E-state index contributed by atoms with van der Waals surface area (Å²) < 4.78 is 0. The minimum absolute atomic E-state index is 0.0766. The van der Waals surface area contributed by atoms with E-state index in [1.165, 1.54) is 5.56 Å². The zero-order chi connectivity index (χ0) is 18.7. The summed E-state index contributed by atoms with van der Waals surface area (Å²) in [4.78, 5) is 25.2. The summed E-state index contributed by atoms with van der Waals surface area (Å²) in [6.45, 7) is 1.22. The molecule has 3 rings (SSSR count). The predicted octanol–water partition coefficient (Wildman–Crippen LogP) is 2.10. The van der Waals surface area contributed by atoms with Crippen LogP contribution in [-0.4, -0.2) is 33.9 Å². The molecule has 1 amide bonds. The molecule has 1 atom stereocenters. The topological polar surface area (TPSA) is 79.8 Å². The van der Waals surface area contributed by atoms with Crippen LogP contribution in [0.2, 0.25) is 0 Å². The molecule has 0 aliphatic heterocycles. The van der Waals surface area contributed by atoms with Crippen molar-refractivity contribution in [2.24, 2.45) is 0 Å². The predicted molar refractivity (Wildman–Crippen MR) is 104 cm³/mol. The first-order valence-corrected chi connectivity index (χ1v) is 9.03. The van der Waals surface area contributed by atoms with Crippen molar-refractivity contribution in [1.29, 1.82) is 0 Å². The Labute approximate surface area is 159 Å². The Kier molecular flexibility index (Phi) is 7.00. The molecule has 0 fully saturated rings. The van der Waals surface area contributed by atoms with E-state index in [4.69, 9.17) is 0 Å². The van der Waals surface area contributed by atoms with Gasteiger partial charge in [0.25, 0.3) is 0 Å². The number of aromatic nitrogens is 3. The fourth-order valence-electron chi connectivity index (χ4n) is 2.77. The van der Waals surface area contributed by atoms with Gasteiger partial charge in [0.15, 0.2) is 0 Å². The normalized spacial score (nSPS) is 11.7. The Morgan fingerprint density at radius 3 is 2.44 bits per heavy atom. The van der Waals surface area contributed by atoms with Gasteiger partial charge in [-0.25, -0.2) is 0 Å². The van der Waals surface area contributed by atoms with Crippen LogP contribution >= 0.6 is 0 Å². The summed E-state index contributed by atoms with van der Waals surface area (Å²) in [5.74, 6) is -0.0766. The van der Waals surface area contributed by atoms with E-state index in [1.54, 1.807) is 24.8 Å². The first-order chi connectivity index (χ1) is 13.3. The standard InChI is InChI=1S/C21H23N5O/c27-21(26-15-9-18-4-3-10-23-16-18)20(19-5-1-2-11-24-19)25-14-8-17-6-12-22-13-7-17/h1-7,10-13,16,20,25H,8-9,14-15H2,(H,26,27). The molecule has 6 heteroatoms. The number of amides is 1. The number of carbonyl (C=O) groups excluding carboxylic acids is 1. The summed E-state index contributed by atoms with van der Waals surface area (Å²) >= 11 is 0. The van der Waals surface area contributed by atoms with Gasteiger partial charge in [-0.15, -0.1) is 0 Å². The second-order valence-electron chi connectivity index (χ2n) is 6.15. The van der Waals surface area contributed by atoms with Crippen LogP contribution in [-0.2, 0) is 17.6 Å². The molecule has 3 heterocycles. The highest BCUT2D eigenvalue weighted by Gasteiger charge is 2.20. The first-order valence-electron chi connectivity index (χ1n) is 9.03. The van der Waals surface area contributed by atoms with E-state index in [2.05, 4.69) is 25.6 Å². The average molecular weight is 361 g/mol. The lowest BCUT2D eigenvalue weighted by Crippen LogP contribution is -2.39. The smallest absolute Gasteiger partial charge is 0.243 e. The van der Waals surface area contributed by atoms with E-state index in [0.717, 1.165) is 18.4 Å². The van der Waals surface area contributed by atoms with E-state index in [-0.39, 0.29) is 5.91 Å². The van der Waals surface area contributed by atoms with Crippen LogP contribution in [0.1, 0.15) is 22.9 Å². The zero-order valence-corrected chi connectivity index (χ0v) is 15.1. The van der Waals surface area contributed by atoms with Crippen LogP contribution in [0.25, 0.3) is 0 Å². The molecule has 0 spiro atoms. The van der Waals surface area contributed by atoms with E-state index in [0.29, 0.717) is 18.8 Å². The molecule has 0 aliphatic carbocycles. The average Bonchev–Trinajstić information content (AvgIpc) is 2.73.